The van der Waals surface area contributed by atoms with E-state index in [0.717, 1.165) is 5.56 Å². The fourth-order valence-corrected chi connectivity index (χ4v) is 4.24. The predicted octanol–water partition coefficient (Wildman–Crippen LogP) is 2.52. The van der Waals surface area contributed by atoms with E-state index in [0.29, 0.717) is 24.5 Å². The molecule has 34 heavy (non-hydrogen) atoms. The van der Waals surface area contributed by atoms with Crippen molar-refractivity contribution in [2.75, 3.05) is 19.6 Å². The smallest absolute Gasteiger partial charge is 0.291 e. The second-order valence-corrected chi connectivity index (χ2v) is 8.25. The molecule has 3 amide bonds. The van der Waals surface area contributed by atoms with Crippen molar-refractivity contribution < 1.29 is 19.3 Å². The number of nitro groups is 1. The third kappa shape index (κ3) is 5.07. The number of thiazole rings is 1. The third-order valence-corrected chi connectivity index (χ3v) is 6.04. The fourth-order valence-electron chi connectivity index (χ4n) is 3.46. The quantitative estimate of drug-likeness (QED) is 0.405. The minimum absolute atomic E-state index is 0.000498. The van der Waals surface area contributed by atoms with Gasteiger partial charge in [-0.05, 0) is 30.7 Å². The molecule has 0 bridgehead atoms. The summed E-state index contributed by atoms with van der Waals surface area (Å²) in [6.45, 7) is 0.870. The Morgan fingerprint density at radius 3 is 2.59 bits per heavy atom. The molecular formula is C22H20N6O5S. The number of aromatic nitrogens is 2. The second-order valence-electron chi connectivity index (χ2n) is 7.39. The molecule has 3 heterocycles. The Hall–Kier alpha value is -4.19. The summed E-state index contributed by atoms with van der Waals surface area (Å²) in [5, 5.41) is 18.5. The molecule has 0 saturated carbocycles. The van der Waals surface area contributed by atoms with Gasteiger partial charge in [0.15, 0.2) is 0 Å². The molecule has 2 aromatic heterocycles. The number of carbonyl (C=O) groups is 3. The second kappa shape index (κ2) is 10.2. The van der Waals surface area contributed by atoms with Crippen molar-refractivity contribution in [1.82, 2.24) is 25.3 Å². The Balaban J connectivity index is 1.32. The van der Waals surface area contributed by atoms with Crippen LogP contribution in [0.5, 0.6) is 0 Å². The number of benzene rings is 1. The van der Waals surface area contributed by atoms with Gasteiger partial charge in [0.05, 0.1) is 4.92 Å². The molecule has 3 aromatic rings. The third-order valence-electron chi connectivity index (χ3n) is 5.15. The molecule has 1 N–H and O–H groups in total. The molecule has 4 rings (SSSR count). The van der Waals surface area contributed by atoms with Gasteiger partial charge in [0, 0.05) is 67.1 Å². The van der Waals surface area contributed by atoms with E-state index in [2.05, 4.69) is 15.3 Å². The van der Waals surface area contributed by atoms with Gasteiger partial charge >= 0.3 is 0 Å². The van der Waals surface area contributed by atoms with Crippen molar-refractivity contribution in [3.05, 3.63) is 75.5 Å². The van der Waals surface area contributed by atoms with Crippen molar-refractivity contribution >= 4 is 34.7 Å². The normalized spacial score (nSPS) is 13.1. The van der Waals surface area contributed by atoms with Gasteiger partial charge in [-0.1, -0.05) is 0 Å². The molecule has 0 radical (unpaired) electrons. The first kappa shape index (κ1) is 23.0. The molecule has 12 heteroatoms. The zero-order valence-electron chi connectivity index (χ0n) is 17.9. The summed E-state index contributed by atoms with van der Waals surface area (Å²) < 4.78 is 0. The predicted molar refractivity (Wildman–Crippen MR) is 123 cm³/mol. The van der Waals surface area contributed by atoms with Crippen molar-refractivity contribution in [2.45, 2.75) is 12.8 Å². The summed E-state index contributed by atoms with van der Waals surface area (Å²) in [6.07, 6.45) is 3.97. The van der Waals surface area contributed by atoms with E-state index in [4.69, 9.17) is 0 Å². The van der Waals surface area contributed by atoms with Gasteiger partial charge in [0.2, 0.25) is 5.91 Å². The van der Waals surface area contributed by atoms with Crippen LogP contribution in [0.15, 0.2) is 54.2 Å². The molecule has 0 spiro atoms. The highest BCUT2D eigenvalue weighted by molar-refractivity contribution is 7.13. The number of non-ortho nitro benzene ring substituents is 1. The fraction of sp³-hybridized carbons (Fsp3) is 0.227. The van der Waals surface area contributed by atoms with Crippen molar-refractivity contribution in [2.24, 2.45) is 0 Å². The van der Waals surface area contributed by atoms with Crippen molar-refractivity contribution in [3.63, 3.8) is 0 Å². The number of pyridine rings is 1. The van der Waals surface area contributed by atoms with Crippen LogP contribution in [0.4, 0.5) is 5.69 Å². The lowest BCUT2D eigenvalue weighted by Gasteiger charge is -2.27. The van der Waals surface area contributed by atoms with Gasteiger partial charge < -0.3 is 5.32 Å². The highest BCUT2D eigenvalue weighted by Gasteiger charge is 2.32. The molecule has 1 aliphatic heterocycles. The van der Waals surface area contributed by atoms with E-state index in [9.17, 15) is 24.5 Å². The molecule has 174 valence electrons. The molecular weight excluding hydrogens is 460 g/mol. The summed E-state index contributed by atoms with van der Waals surface area (Å²) in [5.41, 5.74) is 1.21. The van der Waals surface area contributed by atoms with Crippen LogP contribution in [-0.4, -0.2) is 62.3 Å². The number of nitrogens with zero attached hydrogens (tertiary/aromatic N) is 5. The molecule has 1 aromatic carbocycles. The number of carbonyl (C=O) groups excluding carboxylic acids is 3. The maximum absolute atomic E-state index is 13.0. The summed E-state index contributed by atoms with van der Waals surface area (Å²) in [6, 6.07) is 8.84. The molecule has 0 aliphatic carbocycles. The molecule has 0 atom stereocenters. The van der Waals surface area contributed by atoms with E-state index >= 15 is 0 Å². The van der Waals surface area contributed by atoms with Gasteiger partial charge in [0.1, 0.15) is 10.7 Å². The lowest BCUT2D eigenvalue weighted by molar-refractivity contribution is -0.384. The van der Waals surface area contributed by atoms with Crippen molar-refractivity contribution in [1.29, 1.82) is 0 Å². The average molecular weight is 481 g/mol. The van der Waals surface area contributed by atoms with Crippen LogP contribution >= 0.6 is 11.3 Å². The maximum atomic E-state index is 13.0. The lowest BCUT2D eigenvalue weighted by Crippen LogP contribution is -2.45. The zero-order valence-corrected chi connectivity index (χ0v) is 18.7. The van der Waals surface area contributed by atoms with Gasteiger partial charge in [-0.3, -0.25) is 34.5 Å². The van der Waals surface area contributed by atoms with E-state index < -0.39 is 10.8 Å². The highest BCUT2D eigenvalue weighted by atomic mass is 32.1. The first-order valence-corrected chi connectivity index (χ1v) is 11.3. The standard InChI is InChI=1S/C22H20N6O5S/c29-19(8-10-24-20(30)15-4-6-17(7-5-15)28(32)33)26-11-2-12-27(26)22(31)18-14-34-21(25-18)16-3-1-9-23-13-16/h1,3-7,9,13-14H,2,8,10-12H2,(H,24,30). The molecule has 1 fully saturated rings. The lowest BCUT2D eigenvalue weighted by atomic mass is 10.2. The van der Waals surface area contributed by atoms with Crippen LogP contribution in [0.2, 0.25) is 0 Å². The Bertz CT molecular complexity index is 1210. The van der Waals surface area contributed by atoms with E-state index in [-0.39, 0.29) is 41.7 Å². The summed E-state index contributed by atoms with van der Waals surface area (Å²) >= 11 is 1.33. The maximum Gasteiger partial charge on any atom is 0.291 e. The van der Waals surface area contributed by atoms with Crippen LogP contribution in [0.1, 0.15) is 33.7 Å². The first-order chi connectivity index (χ1) is 16.4. The summed E-state index contributed by atoms with van der Waals surface area (Å²) in [7, 11) is 0. The average Bonchev–Trinajstić information content (AvgIpc) is 3.54. The number of nitro benzene ring substituents is 1. The summed E-state index contributed by atoms with van der Waals surface area (Å²) in [5.74, 6) is -1.09. The minimum atomic E-state index is -0.547. The van der Waals surface area contributed by atoms with E-state index in [1.807, 2.05) is 6.07 Å². The topological polar surface area (TPSA) is 139 Å². The number of hydrogen-bond donors (Lipinski definition) is 1. The summed E-state index contributed by atoms with van der Waals surface area (Å²) in [4.78, 5) is 56.6. The van der Waals surface area contributed by atoms with E-state index in [1.165, 1.54) is 45.6 Å². The largest absolute Gasteiger partial charge is 0.352 e. The number of amides is 3. The molecule has 0 unspecified atom stereocenters. The Kier molecular flexibility index (Phi) is 6.87. The van der Waals surface area contributed by atoms with Gasteiger partial charge in [0.25, 0.3) is 17.5 Å². The van der Waals surface area contributed by atoms with Crippen LogP contribution < -0.4 is 5.32 Å². The van der Waals surface area contributed by atoms with Gasteiger partial charge in [-0.25, -0.2) is 9.99 Å². The van der Waals surface area contributed by atoms with Crippen LogP contribution in [0.25, 0.3) is 10.6 Å². The zero-order chi connectivity index (χ0) is 24.1. The van der Waals surface area contributed by atoms with Crippen LogP contribution in [-0.2, 0) is 4.79 Å². The highest BCUT2D eigenvalue weighted by Crippen LogP contribution is 2.24. The first-order valence-electron chi connectivity index (χ1n) is 10.4. The number of rotatable bonds is 7. The molecule has 1 saturated heterocycles. The Morgan fingerprint density at radius 1 is 1.12 bits per heavy atom. The number of hydrogen-bond acceptors (Lipinski definition) is 8. The number of nitrogens with one attached hydrogen (secondary N) is 1. The van der Waals surface area contributed by atoms with Gasteiger partial charge in [-0.15, -0.1) is 11.3 Å². The Labute approximate surface area is 198 Å². The van der Waals surface area contributed by atoms with Gasteiger partial charge in [-0.2, -0.15) is 0 Å². The van der Waals surface area contributed by atoms with Crippen molar-refractivity contribution in [3.8, 4) is 10.6 Å². The number of hydrazine groups is 1. The molecule has 1 aliphatic rings. The van der Waals surface area contributed by atoms with Crippen LogP contribution in [0, 0.1) is 10.1 Å². The minimum Gasteiger partial charge on any atom is -0.352 e. The monoisotopic (exact) mass is 480 g/mol. The van der Waals surface area contributed by atoms with E-state index in [1.54, 1.807) is 23.8 Å². The Morgan fingerprint density at radius 2 is 1.88 bits per heavy atom. The van der Waals surface area contributed by atoms with Crippen LogP contribution in [0.3, 0.4) is 0 Å². The molecule has 11 nitrogen and oxygen atoms in total. The SMILES string of the molecule is O=C(NCCC(=O)N1CCCN1C(=O)c1csc(-c2cccnc2)n1)c1ccc([N+](=O)[O-])cc1.